The average Bonchev–Trinajstić information content (AvgIpc) is 2.98. The fraction of sp³-hybridized carbons (Fsp3) is 0.400. The van der Waals surface area contributed by atoms with Gasteiger partial charge in [-0.1, -0.05) is 12.5 Å². The van der Waals surface area contributed by atoms with Gasteiger partial charge in [-0.15, -0.1) is 0 Å². The lowest BCUT2D eigenvalue weighted by atomic mass is 9.71. The Labute approximate surface area is 156 Å². The number of hydrogen-bond acceptors (Lipinski definition) is 4. The molecule has 1 spiro atoms. The summed E-state index contributed by atoms with van der Waals surface area (Å²) in [5, 5.41) is 3.03. The number of nitrogens with one attached hydrogen (secondary N) is 1. The summed E-state index contributed by atoms with van der Waals surface area (Å²) in [5.74, 6) is -0.661. The van der Waals surface area contributed by atoms with Gasteiger partial charge in [0, 0.05) is 24.8 Å². The quantitative estimate of drug-likeness (QED) is 0.904. The summed E-state index contributed by atoms with van der Waals surface area (Å²) in [6, 6.07) is 6.48. The molecule has 2 fully saturated rings. The van der Waals surface area contributed by atoms with Gasteiger partial charge in [-0.3, -0.25) is 19.6 Å². The van der Waals surface area contributed by atoms with Crippen molar-refractivity contribution in [1.82, 2.24) is 15.3 Å². The maximum atomic E-state index is 13.5. The Kier molecular flexibility index (Phi) is 4.59. The Balaban J connectivity index is 1.47. The first-order chi connectivity index (χ1) is 13.1. The number of nitrogens with zero attached hydrogens (tertiary/aromatic N) is 3. The van der Waals surface area contributed by atoms with Gasteiger partial charge < -0.3 is 10.2 Å². The van der Waals surface area contributed by atoms with Crippen LogP contribution in [0, 0.1) is 11.2 Å². The van der Waals surface area contributed by atoms with Gasteiger partial charge in [0.1, 0.15) is 11.5 Å². The van der Waals surface area contributed by atoms with E-state index in [4.69, 9.17) is 0 Å². The molecule has 1 saturated carbocycles. The van der Waals surface area contributed by atoms with Crippen molar-refractivity contribution < 1.29 is 14.0 Å². The standard InChI is InChI=1S/C20H21FN4O2/c21-14-10-16(13-22-12-14)25-9-7-20(19(25)27)6-3-4-15(11-20)24-18(26)17-5-1-2-8-23-17/h1-2,5,8,10,12-13,15H,3-4,6-7,9,11H2,(H,24,26)/t15-,20-/m0/s1. The largest absolute Gasteiger partial charge is 0.348 e. The molecule has 0 unspecified atom stereocenters. The van der Waals surface area contributed by atoms with E-state index in [0.29, 0.717) is 30.8 Å². The fourth-order valence-corrected chi connectivity index (χ4v) is 4.28. The molecular weight excluding hydrogens is 347 g/mol. The predicted octanol–water partition coefficient (Wildman–Crippen LogP) is 2.71. The van der Waals surface area contributed by atoms with Crippen LogP contribution >= 0.6 is 0 Å². The van der Waals surface area contributed by atoms with Gasteiger partial charge in [-0.05, 0) is 37.8 Å². The van der Waals surface area contributed by atoms with Crippen LogP contribution in [0.15, 0.2) is 42.9 Å². The van der Waals surface area contributed by atoms with Crippen molar-refractivity contribution in [3.8, 4) is 0 Å². The molecule has 0 radical (unpaired) electrons. The zero-order valence-corrected chi connectivity index (χ0v) is 14.9. The van der Waals surface area contributed by atoms with Gasteiger partial charge in [0.2, 0.25) is 5.91 Å². The van der Waals surface area contributed by atoms with Crippen molar-refractivity contribution in [1.29, 1.82) is 0 Å². The van der Waals surface area contributed by atoms with E-state index in [-0.39, 0.29) is 17.9 Å². The molecule has 6 nitrogen and oxygen atoms in total. The van der Waals surface area contributed by atoms with E-state index >= 15 is 0 Å². The molecule has 1 saturated heterocycles. The topological polar surface area (TPSA) is 75.2 Å². The Morgan fingerprint density at radius 3 is 2.96 bits per heavy atom. The van der Waals surface area contributed by atoms with Crippen LogP contribution in [-0.2, 0) is 4.79 Å². The normalized spacial score (nSPS) is 25.0. The van der Waals surface area contributed by atoms with E-state index in [1.165, 1.54) is 12.3 Å². The Bertz CT molecular complexity index is 860. The maximum absolute atomic E-state index is 13.5. The van der Waals surface area contributed by atoms with E-state index in [1.807, 2.05) is 0 Å². The number of carbonyl (C=O) groups excluding carboxylic acids is 2. The summed E-state index contributed by atoms with van der Waals surface area (Å²) in [5.41, 5.74) is 0.381. The summed E-state index contributed by atoms with van der Waals surface area (Å²) < 4.78 is 13.5. The third kappa shape index (κ3) is 3.41. The van der Waals surface area contributed by atoms with E-state index in [1.54, 1.807) is 29.3 Å². The number of rotatable bonds is 3. The Morgan fingerprint density at radius 1 is 1.30 bits per heavy atom. The molecule has 3 heterocycles. The highest BCUT2D eigenvalue weighted by atomic mass is 19.1. The van der Waals surface area contributed by atoms with Crippen molar-refractivity contribution in [2.75, 3.05) is 11.4 Å². The minimum atomic E-state index is -0.493. The molecule has 27 heavy (non-hydrogen) atoms. The van der Waals surface area contributed by atoms with Gasteiger partial charge >= 0.3 is 0 Å². The first-order valence-corrected chi connectivity index (χ1v) is 9.22. The molecule has 2 atom stereocenters. The van der Waals surface area contributed by atoms with Crippen LogP contribution in [0.25, 0.3) is 0 Å². The lowest BCUT2D eigenvalue weighted by molar-refractivity contribution is -0.127. The van der Waals surface area contributed by atoms with Crippen LogP contribution in [0.2, 0.25) is 0 Å². The zero-order chi connectivity index (χ0) is 18.9. The number of aromatic nitrogens is 2. The van der Waals surface area contributed by atoms with Crippen molar-refractivity contribution in [2.24, 2.45) is 5.41 Å². The first-order valence-electron chi connectivity index (χ1n) is 9.22. The minimum absolute atomic E-state index is 0.00619. The SMILES string of the molecule is O=C(N[C@H]1CCC[C@]2(CCN(c3cncc(F)c3)C2=O)C1)c1ccccn1. The second-order valence-corrected chi connectivity index (χ2v) is 7.33. The van der Waals surface area contributed by atoms with E-state index in [2.05, 4.69) is 15.3 Å². The van der Waals surface area contributed by atoms with E-state index < -0.39 is 11.2 Å². The van der Waals surface area contributed by atoms with Crippen LogP contribution in [0.5, 0.6) is 0 Å². The second kappa shape index (κ2) is 7.06. The van der Waals surface area contributed by atoms with E-state index in [0.717, 1.165) is 25.5 Å². The summed E-state index contributed by atoms with van der Waals surface area (Å²) in [6.07, 6.45) is 8.04. The number of pyridine rings is 2. The number of halogens is 1. The van der Waals surface area contributed by atoms with Crippen molar-refractivity contribution in [3.05, 3.63) is 54.4 Å². The number of hydrogen-bond donors (Lipinski definition) is 1. The third-order valence-corrected chi connectivity index (χ3v) is 5.59. The van der Waals surface area contributed by atoms with Gasteiger partial charge in [-0.25, -0.2) is 4.39 Å². The molecule has 0 bridgehead atoms. The smallest absolute Gasteiger partial charge is 0.270 e. The molecular formula is C20H21FN4O2. The highest BCUT2D eigenvalue weighted by molar-refractivity contribution is 6.00. The molecule has 140 valence electrons. The van der Waals surface area contributed by atoms with Crippen LogP contribution in [0.4, 0.5) is 10.1 Å². The van der Waals surface area contributed by atoms with Crippen molar-refractivity contribution >= 4 is 17.5 Å². The molecule has 2 aliphatic rings. The Morgan fingerprint density at radius 2 is 2.19 bits per heavy atom. The van der Waals surface area contributed by atoms with Gasteiger partial charge in [-0.2, -0.15) is 0 Å². The molecule has 1 N–H and O–H groups in total. The number of anilines is 1. The van der Waals surface area contributed by atoms with Crippen LogP contribution < -0.4 is 10.2 Å². The maximum Gasteiger partial charge on any atom is 0.270 e. The first kappa shape index (κ1) is 17.6. The van der Waals surface area contributed by atoms with Crippen molar-refractivity contribution in [2.45, 2.75) is 38.1 Å². The Hall–Kier alpha value is -2.83. The third-order valence-electron chi connectivity index (χ3n) is 5.59. The zero-order valence-electron chi connectivity index (χ0n) is 14.9. The monoisotopic (exact) mass is 368 g/mol. The predicted molar refractivity (Wildman–Crippen MR) is 97.6 cm³/mol. The summed E-state index contributed by atoms with van der Waals surface area (Å²) >= 11 is 0. The lowest BCUT2D eigenvalue weighted by Gasteiger charge is -2.36. The van der Waals surface area contributed by atoms with Crippen molar-refractivity contribution in [3.63, 3.8) is 0 Å². The highest BCUT2D eigenvalue weighted by Gasteiger charge is 2.49. The summed E-state index contributed by atoms with van der Waals surface area (Å²) in [4.78, 5) is 35.1. The average molecular weight is 368 g/mol. The second-order valence-electron chi connectivity index (χ2n) is 7.33. The number of amides is 2. The van der Waals surface area contributed by atoms with Gasteiger partial charge in [0.05, 0.1) is 23.5 Å². The van der Waals surface area contributed by atoms with Gasteiger partial charge in [0.25, 0.3) is 5.91 Å². The molecule has 7 heteroatoms. The number of carbonyl (C=O) groups is 2. The molecule has 4 rings (SSSR count). The summed E-state index contributed by atoms with van der Waals surface area (Å²) in [7, 11) is 0. The molecule has 1 aliphatic carbocycles. The van der Waals surface area contributed by atoms with Crippen LogP contribution in [-0.4, -0.2) is 34.4 Å². The molecule has 2 aromatic heterocycles. The lowest BCUT2D eigenvalue weighted by Crippen LogP contribution is -2.46. The summed E-state index contributed by atoms with van der Waals surface area (Å²) in [6.45, 7) is 0.547. The fourth-order valence-electron chi connectivity index (χ4n) is 4.28. The highest BCUT2D eigenvalue weighted by Crippen LogP contribution is 2.46. The molecule has 1 aliphatic heterocycles. The molecule has 2 aromatic rings. The minimum Gasteiger partial charge on any atom is -0.348 e. The molecule has 0 aromatic carbocycles. The van der Waals surface area contributed by atoms with Crippen LogP contribution in [0.3, 0.4) is 0 Å². The van der Waals surface area contributed by atoms with Gasteiger partial charge in [0.15, 0.2) is 0 Å². The van der Waals surface area contributed by atoms with Crippen LogP contribution in [0.1, 0.15) is 42.6 Å². The molecule has 2 amide bonds. The van der Waals surface area contributed by atoms with E-state index in [9.17, 15) is 14.0 Å².